The van der Waals surface area contributed by atoms with E-state index in [1.165, 1.54) is 28.1 Å². The second kappa shape index (κ2) is 11.3. The van der Waals surface area contributed by atoms with Crippen molar-refractivity contribution in [3.8, 4) is 0 Å². The standard InChI is InChI=1S/C21H25FN10O9P2S2/c1-7-11-18(30-21(24)29-7)32(5-27-11)20-13(33)15-9(39-20)3-37-42(34,44)40-14-8(2-36-43(35,45)41-15)38-19(10(14)22)31-6-28-12-16(23)25-4-26-17(12)31/h4-6,8-10,13-15,19-20,33H,1-3H2,(H,34,44)(H,35,45)(H2,23,25,26)(H3,24,29,30)/t8-,9-,10-,13-,14-,15-,19-,20-,42?,43?/m1/s1. The quantitative estimate of drug-likeness (QED) is 0.156. The summed E-state index contributed by atoms with van der Waals surface area (Å²) in [7, 11) is 0. The lowest BCUT2D eigenvalue weighted by Crippen LogP contribution is -2.38. The SMILES string of the molecule is C=C1NC(N)=Nc2c1ncn2[C@@H]1O[C@@H]2COP(O)(=S)O[C@H]3[C@@H](F)[C@H](n4cnc5c(N)ncnc54)O[C@@H]3COP(=O)(S)O[C@H]2[C@H]1O. The lowest BCUT2D eigenvalue weighted by atomic mass is 10.1. The predicted octanol–water partition coefficient (Wildman–Crippen LogP) is 0.391. The molecule has 2 unspecified atom stereocenters. The molecular formula is C21H25FN10O9P2S2. The molecule has 4 aliphatic rings. The number of hydrogen-bond donors (Lipinski definition) is 6. The molecule has 242 valence electrons. The van der Waals surface area contributed by atoms with Gasteiger partial charge in [-0.3, -0.25) is 22.7 Å². The summed E-state index contributed by atoms with van der Waals surface area (Å²) >= 11 is 9.26. The molecule has 24 heteroatoms. The molecule has 7 rings (SSSR count). The van der Waals surface area contributed by atoms with Crippen molar-refractivity contribution in [2.24, 2.45) is 10.7 Å². The summed E-state index contributed by atoms with van der Waals surface area (Å²) in [6.07, 6.45) is -7.89. The van der Waals surface area contributed by atoms with Crippen LogP contribution in [0.5, 0.6) is 0 Å². The average molecular weight is 707 g/mol. The molecular weight excluding hydrogens is 681 g/mol. The molecule has 0 bridgehead atoms. The molecule has 10 atom stereocenters. The first-order valence-electron chi connectivity index (χ1n) is 13.1. The largest absolute Gasteiger partial charge is 0.386 e. The van der Waals surface area contributed by atoms with Gasteiger partial charge in [0.25, 0.3) is 0 Å². The number of halogens is 1. The molecule has 7 heterocycles. The number of fused-ring (bicyclic) bond motifs is 4. The van der Waals surface area contributed by atoms with E-state index in [9.17, 15) is 14.6 Å². The smallest absolute Gasteiger partial charge is 0.386 e. The number of nitrogen functional groups attached to an aromatic ring is 1. The fourth-order valence-electron chi connectivity index (χ4n) is 5.37. The van der Waals surface area contributed by atoms with E-state index in [2.05, 4.69) is 49.1 Å². The first-order valence-corrected chi connectivity index (χ1v) is 18.4. The Morgan fingerprint density at radius 2 is 1.78 bits per heavy atom. The number of anilines is 1. The third kappa shape index (κ3) is 5.57. The highest BCUT2D eigenvalue weighted by atomic mass is 32.7. The van der Waals surface area contributed by atoms with Gasteiger partial charge in [0.2, 0.25) is 0 Å². The van der Waals surface area contributed by atoms with Crippen LogP contribution in [0.3, 0.4) is 0 Å². The second-order valence-electron chi connectivity index (χ2n) is 10.2. The lowest BCUT2D eigenvalue weighted by molar-refractivity contribution is -0.0578. The van der Waals surface area contributed by atoms with E-state index in [0.717, 1.165) is 0 Å². The number of thiol groups is 1. The monoisotopic (exact) mass is 706 g/mol. The molecule has 0 radical (unpaired) electrons. The van der Waals surface area contributed by atoms with Crippen LogP contribution in [0.2, 0.25) is 0 Å². The number of rotatable bonds is 2. The summed E-state index contributed by atoms with van der Waals surface area (Å²) in [5.41, 5.74) is 12.8. The topological polar surface area (TPSA) is 251 Å². The Morgan fingerprint density at radius 3 is 2.58 bits per heavy atom. The van der Waals surface area contributed by atoms with Crippen molar-refractivity contribution < 1.29 is 46.5 Å². The van der Waals surface area contributed by atoms with E-state index in [4.69, 9.17) is 50.8 Å². The zero-order chi connectivity index (χ0) is 31.8. The maximum atomic E-state index is 16.0. The number of alkyl halides is 1. The number of aromatic nitrogens is 6. The van der Waals surface area contributed by atoms with E-state index >= 15 is 4.39 Å². The Bertz CT molecular complexity index is 1810. The number of guanidine groups is 1. The Kier molecular flexibility index (Phi) is 7.78. The van der Waals surface area contributed by atoms with Crippen LogP contribution in [0.25, 0.3) is 16.9 Å². The minimum absolute atomic E-state index is 0.0268. The van der Waals surface area contributed by atoms with Gasteiger partial charge in [-0.25, -0.2) is 28.9 Å². The second-order valence-corrected chi connectivity index (χ2v) is 15.9. The van der Waals surface area contributed by atoms with Crippen LogP contribution in [0, 0.1) is 0 Å². The van der Waals surface area contributed by atoms with Gasteiger partial charge in [0.15, 0.2) is 41.9 Å². The molecule has 45 heavy (non-hydrogen) atoms. The number of ether oxygens (including phenoxy) is 2. The maximum absolute atomic E-state index is 16.0. The number of imidazole rings is 2. The fraction of sp³-hybridized carbons (Fsp3) is 0.476. The highest BCUT2D eigenvalue weighted by molar-refractivity contribution is 8.44. The fourth-order valence-corrected chi connectivity index (χ4v) is 8.30. The van der Waals surface area contributed by atoms with Gasteiger partial charge < -0.3 is 40.8 Å². The van der Waals surface area contributed by atoms with Crippen molar-refractivity contribution >= 4 is 72.0 Å². The van der Waals surface area contributed by atoms with Crippen molar-refractivity contribution in [1.82, 2.24) is 34.4 Å². The van der Waals surface area contributed by atoms with Gasteiger partial charge in [-0.15, -0.1) is 0 Å². The lowest BCUT2D eigenvalue weighted by Gasteiger charge is -2.29. The number of nitrogens with one attached hydrogen (secondary N) is 1. The third-order valence-corrected chi connectivity index (χ3v) is 10.6. The summed E-state index contributed by atoms with van der Waals surface area (Å²) in [5, 5.41) is 14.0. The highest BCUT2D eigenvalue weighted by Crippen LogP contribution is 2.58. The van der Waals surface area contributed by atoms with Crippen molar-refractivity contribution in [2.75, 3.05) is 18.9 Å². The van der Waals surface area contributed by atoms with Crippen LogP contribution < -0.4 is 16.8 Å². The molecule has 3 aromatic rings. The Hall–Kier alpha value is -2.59. The van der Waals surface area contributed by atoms with E-state index < -0.39 is 75.9 Å². The third-order valence-electron chi connectivity index (χ3n) is 7.38. The number of aliphatic imine (C=N–C) groups is 1. The van der Waals surface area contributed by atoms with Crippen molar-refractivity contribution in [2.45, 2.75) is 49.1 Å². The average Bonchev–Trinajstić information content (AvgIpc) is 3.72. The van der Waals surface area contributed by atoms with E-state index in [-0.39, 0.29) is 28.8 Å². The molecule has 0 spiro atoms. The van der Waals surface area contributed by atoms with Crippen LogP contribution in [0.15, 0.2) is 30.6 Å². The molecule has 3 fully saturated rings. The predicted molar refractivity (Wildman–Crippen MR) is 159 cm³/mol. The van der Waals surface area contributed by atoms with Crippen molar-refractivity contribution in [3.63, 3.8) is 0 Å². The van der Waals surface area contributed by atoms with E-state index in [1.54, 1.807) is 0 Å². The van der Waals surface area contributed by atoms with Gasteiger partial charge in [-0.1, -0.05) is 18.8 Å². The van der Waals surface area contributed by atoms with Crippen molar-refractivity contribution in [3.05, 3.63) is 31.3 Å². The molecule has 0 aromatic carbocycles. The first-order chi connectivity index (χ1) is 21.3. The Labute approximate surface area is 262 Å². The van der Waals surface area contributed by atoms with Crippen LogP contribution in [0.4, 0.5) is 16.0 Å². The number of nitrogens with zero attached hydrogens (tertiary/aromatic N) is 7. The van der Waals surface area contributed by atoms with Gasteiger partial charge in [0.1, 0.15) is 48.1 Å². The maximum Gasteiger partial charge on any atom is 0.386 e. The summed E-state index contributed by atoms with van der Waals surface area (Å²) in [6.45, 7) is -5.83. The molecule has 0 aliphatic carbocycles. The molecule has 19 nitrogen and oxygen atoms in total. The van der Waals surface area contributed by atoms with Crippen LogP contribution >= 0.6 is 25.8 Å². The number of hydrogen-bond acceptors (Lipinski definition) is 17. The molecule has 3 aromatic heterocycles. The molecule has 0 saturated carbocycles. The molecule has 0 amide bonds. The minimum Gasteiger partial charge on any atom is -0.386 e. The molecule has 7 N–H and O–H groups in total. The van der Waals surface area contributed by atoms with Crippen LogP contribution in [-0.4, -0.2) is 94.9 Å². The normalized spacial score (nSPS) is 38.8. The zero-order valence-corrected chi connectivity index (χ0v) is 26.1. The summed E-state index contributed by atoms with van der Waals surface area (Å²) in [5.74, 6) is 0.307. The number of aliphatic hydroxyl groups excluding tert-OH is 1. The summed E-state index contributed by atoms with van der Waals surface area (Å²) in [6, 6.07) is 0. The summed E-state index contributed by atoms with van der Waals surface area (Å²) in [4.78, 5) is 31.5. The van der Waals surface area contributed by atoms with Gasteiger partial charge in [-0.05, 0) is 11.8 Å². The summed E-state index contributed by atoms with van der Waals surface area (Å²) < 4.78 is 66.2. The van der Waals surface area contributed by atoms with Gasteiger partial charge in [-0.2, -0.15) is 4.99 Å². The minimum atomic E-state index is -4.31. The van der Waals surface area contributed by atoms with Crippen LogP contribution in [-0.2, 0) is 43.9 Å². The van der Waals surface area contributed by atoms with Crippen molar-refractivity contribution in [1.29, 1.82) is 0 Å². The first kappa shape index (κ1) is 31.0. The van der Waals surface area contributed by atoms with Gasteiger partial charge in [0.05, 0.1) is 31.6 Å². The van der Waals surface area contributed by atoms with E-state index in [1.807, 2.05) is 0 Å². The number of nitrogens with two attached hydrogens (primary N) is 2. The highest BCUT2D eigenvalue weighted by Gasteiger charge is 2.53. The Balaban J connectivity index is 1.16. The van der Waals surface area contributed by atoms with Crippen LogP contribution in [0.1, 0.15) is 18.1 Å². The Morgan fingerprint density at radius 1 is 1.07 bits per heavy atom. The van der Waals surface area contributed by atoms with Gasteiger partial charge >= 0.3 is 13.5 Å². The van der Waals surface area contributed by atoms with Gasteiger partial charge in [0, 0.05) is 0 Å². The number of aliphatic hydroxyl groups is 1. The zero-order valence-electron chi connectivity index (χ0n) is 22.6. The molecule has 3 saturated heterocycles. The van der Waals surface area contributed by atoms with E-state index in [0.29, 0.717) is 11.4 Å². The molecule has 4 aliphatic heterocycles.